The third-order valence-corrected chi connectivity index (χ3v) is 4.97. The van der Waals surface area contributed by atoms with E-state index in [9.17, 15) is 22.8 Å². The molecule has 1 heterocycles. The predicted octanol–water partition coefficient (Wildman–Crippen LogP) is 3.05. The van der Waals surface area contributed by atoms with Crippen molar-refractivity contribution >= 4 is 28.9 Å². The van der Waals surface area contributed by atoms with Gasteiger partial charge in [0.1, 0.15) is 0 Å². The Labute approximate surface area is 184 Å². The van der Waals surface area contributed by atoms with Gasteiger partial charge in [-0.25, -0.2) is 0 Å². The Bertz CT molecular complexity index is 929. The summed E-state index contributed by atoms with van der Waals surface area (Å²) in [5.74, 6) is -0.806. The monoisotopic (exact) mass is 450 g/mol. The highest BCUT2D eigenvalue weighted by Gasteiger charge is 2.30. The number of carbonyl (C=O) groups excluding carboxylic acids is 2. The van der Waals surface area contributed by atoms with E-state index in [1.807, 2.05) is 12.1 Å². The van der Waals surface area contributed by atoms with E-state index >= 15 is 0 Å². The van der Waals surface area contributed by atoms with Crippen LogP contribution in [-0.4, -0.2) is 63.2 Å². The van der Waals surface area contributed by atoms with Crippen LogP contribution in [0.4, 0.5) is 30.2 Å². The van der Waals surface area contributed by atoms with Crippen molar-refractivity contribution in [3.63, 3.8) is 0 Å². The number of carbonyl (C=O) groups is 2. The van der Waals surface area contributed by atoms with Crippen LogP contribution in [0.2, 0.25) is 0 Å². The zero-order valence-corrected chi connectivity index (χ0v) is 17.6. The largest absolute Gasteiger partial charge is 0.416 e. The smallest absolute Gasteiger partial charge is 0.378 e. The highest BCUT2D eigenvalue weighted by atomic mass is 19.4. The molecule has 3 rings (SSSR count). The average Bonchev–Trinajstić information content (AvgIpc) is 2.78. The van der Waals surface area contributed by atoms with E-state index in [0.29, 0.717) is 18.9 Å². The van der Waals surface area contributed by atoms with Gasteiger partial charge < -0.3 is 25.2 Å². The molecule has 1 fully saturated rings. The fraction of sp³-hybridized carbons (Fsp3) is 0.364. The summed E-state index contributed by atoms with van der Waals surface area (Å²) < 4.78 is 43.7. The number of amides is 2. The number of morpholine rings is 1. The summed E-state index contributed by atoms with van der Waals surface area (Å²) in [6, 6.07) is 12.0. The van der Waals surface area contributed by atoms with Gasteiger partial charge in [-0.3, -0.25) is 9.59 Å². The number of benzene rings is 2. The molecule has 0 aliphatic carbocycles. The summed E-state index contributed by atoms with van der Waals surface area (Å²) >= 11 is 0. The zero-order valence-electron chi connectivity index (χ0n) is 17.6. The number of hydrogen-bond donors (Lipinski definition) is 2. The first kappa shape index (κ1) is 23.4. The second-order valence-corrected chi connectivity index (χ2v) is 7.38. The van der Waals surface area contributed by atoms with Gasteiger partial charge in [-0.1, -0.05) is 6.07 Å². The number of hydrogen-bond acceptors (Lipinski definition) is 5. The van der Waals surface area contributed by atoms with Gasteiger partial charge >= 0.3 is 6.18 Å². The number of alkyl halides is 3. The molecular formula is C22H25F3N4O3. The van der Waals surface area contributed by atoms with Gasteiger partial charge in [-0.15, -0.1) is 0 Å². The van der Waals surface area contributed by atoms with Crippen molar-refractivity contribution < 1.29 is 27.5 Å². The predicted molar refractivity (Wildman–Crippen MR) is 116 cm³/mol. The van der Waals surface area contributed by atoms with Crippen molar-refractivity contribution in [2.75, 3.05) is 62.0 Å². The maximum absolute atomic E-state index is 12.8. The summed E-state index contributed by atoms with van der Waals surface area (Å²) in [5, 5.41) is 5.40. The van der Waals surface area contributed by atoms with E-state index in [1.165, 1.54) is 24.1 Å². The molecule has 0 bridgehead atoms. The number of ether oxygens (including phenoxy) is 1. The van der Waals surface area contributed by atoms with E-state index in [1.54, 1.807) is 12.1 Å². The molecule has 0 unspecified atom stereocenters. The van der Waals surface area contributed by atoms with Crippen LogP contribution in [0.5, 0.6) is 0 Å². The topological polar surface area (TPSA) is 73.9 Å². The number of nitrogens with one attached hydrogen (secondary N) is 2. The van der Waals surface area contributed by atoms with Crippen LogP contribution in [0.1, 0.15) is 5.56 Å². The number of likely N-dealkylation sites (N-methyl/N-ethyl adjacent to an activating group) is 1. The highest BCUT2D eigenvalue weighted by molar-refractivity contribution is 5.95. The van der Waals surface area contributed by atoms with E-state index in [2.05, 4.69) is 15.5 Å². The van der Waals surface area contributed by atoms with Crippen LogP contribution in [0, 0.1) is 0 Å². The first-order valence-corrected chi connectivity index (χ1v) is 10.1. The Morgan fingerprint density at radius 3 is 2.41 bits per heavy atom. The number of nitrogens with zero attached hydrogens (tertiary/aromatic N) is 2. The van der Waals surface area contributed by atoms with Gasteiger partial charge in [-0.05, 0) is 42.5 Å². The van der Waals surface area contributed by atoms with Crippen LogP contribution in [0.25, 0.3) is 0 Å². The minimum absolute atomic E-state index is 0.173. The summed E-state index contributed by atoms with van der Waals surface area (Å²) in [4.78, 5) is 27.9. The lowest BCUT2D eigenvalue weighted by molar-refractivity contribution is -0.137. The Hall–Kier alpha value is -3.27. The Morgan fingerprint density at radius 2 is 1.75 bits per heavy atom. The third-order valence-electron chi connectivity index (χ3n) is 4.97. The molecule has 0 atom stereocenters. The Kier molecular flexibility index (Phi) is 7.57. The minimum atomic E-state index is -4.46. The van der Waals surface area contributed by atoms with Crippen molar-refractivity contribution in [2.24, 2.45) is 0 Å². The average molecular weight is 450 g/mol. The van der Waals surface area contributed by atoms with E-state index in [4.69, 9.17) is 4.74 Å². The van der Waals surface area contributed by atoms with E-state index in [0.717, 1.165) is 30.9 Å². The molecule has 2 amide bonds. The van der Waals surface area contributed by atoms with Gasteiger partial charge in [0, 0.05) is 37.2 Å². The summed E-state index contributed by atoms with van der Waals surface area (Å²) in [5.41, 5.74) is 1.02. The summed E-state index contributed by atoms with van der Waals surface area (Å²) in [6.07, 6.45) is -4.46. The first-order chi connectivity index (χ1) is 15.2. The van der Waals surface area contributed by atoms with Gasteiger partial charge in [0.05, 0.1) is 31.9 Å². The Morgan fingerprint density at radius 1 is 1.06 bits per heavy atom. The van der Waals surface area contributed by atoms with E-state index < -0.39 is 17.6 Å². The van der Waals surface area contributed by atoms with Crippen molar-refractivity contribution in [2.45, 2.75) is 6.18 Å². The molecule has 1 aliphatic heterocycles. The molecule has 0 radical (unpaired) electrons. The number of anilines is 3. The molecule has 7 nitrogen and oxygen atoms in total. The van der Waals surface area contributed by atoms with Gasteiger partial charge in [0.15, 0.2) is 0 Å². The van der Waals surface area contributed by atoms with Crippen LogP contribution in [0.15, 0.2) is 48.5 Å². The second-order valence-electron chi connectivity index (χ2n) is 7.38. The van der Waals surface area contributed by atoms with Gasteiger partial charge in [0.2, 0.25) is 11.8 Å². The van der Waals surface area contributed by atoms with E-state index in [-0.39, 0.29) is 24.7 Å². The lowest BCUT2D eigenvalue weighted by Gasteiger charge is -2.28. The van der Waals surface area contributed by atoms with Crippen molar-refractivity contribution in [1.29, 1.82) is 0 Å². The number of halogens is 3. The molecule has 32 heavy (non-hydrogen) atoms. The molecule has 2 aromatic rings. The summed E-state index contributed by atoms with van der Waals surface area (Å²) in [7, 11) is 1.46. The molecule has 0 spiro atoms. The molecule has 1 aliphatic rings. The van der Waals surface area contributed by atoms with Crippen molar-refractivity contribution in [1.82, 2.24) is 4.90 Å². The molecule has 0 aromatic heterocycles. The highest BCUT2D eigenvalue weighted by Crippen LogP contribution is 2.30. The Balaban J connectivity index is 1.46. The quantitative estimate of drug-likeness (QED) is 0.679. The SMILES string of the molecule is CN(CC(=O)Nc1ccc(N2CCOCC2)cc1)C(=O)CNc1cccc(C(F)(F)F)c1. The number of rotatable bonds is 7. The fourth-order valence-electron chi connectivity index (χ4n) is 3.20. The normalized spacial score (nSPS) is 14.1. The maximum Gasteiger partial charge on any atom is 0.416 e. The second kappa shape index (κ2) is 10.4. The summed E-state index contributed by atoms with van der Waals surface area (Å²) in [6.45, 7) is 2.57. The van der Waals surface area contributed by atoms with Crippen LogP contribution in [0.3, 0.4) is 0 Å². The lowest BCUT2D eigenvalue weighted by atomic mass is 10.2. The zero-order chi connectivity index (χ0) is 23.1. The minimum Gasteiger partial charge on any atom is -0.378 e. The first-order valence-electron chi connectivity index (χ1n) is 10.1. The molecule has 1 saturated heterocycles. The molecule has 2 N–H and O–H groups in total. The molecule has 0 saturated carbocycles. The third kappa shape index (κ3) is 6.61. The standard InChI is InChI=1S/C22H25F3N4O3/c1-28(21(31)14-26-18-4-2-3-16(13-18)22(23,24)25)15-20(30)27-17-5-7-19(8-6-17)29-9-11-32-12-10-29/h2-8,13,26H,9-12,14-15H2,1H3,(H,27,30). The van der Waals surface area contributed by atoms with Gasteiger partial charge in [-0.2, -0.15) is 13.2 Å². The van der Waals surface area contributed by atoms with Crippen LogP contribution < -0.4 is 15.5 Å². The molecular weight excluding hydrogens is 425 g/mol. The molecule has 172 valence electrons. The maximum atomic E-state index is 12.8. The van der Waals surface area contributed by atoms with Crippen molar-refractivity contribution in [3.05, 3.63) is 54.1 Å². The fourth-order valence-corrected chi connectivity index (χ4v) is 3.20. The van der Waals surface area contributed by atoms with Crippen LogP contribution >= 0.6 is 0 Å². The van der Waals surface area contributed by atoms with Crippen LogP contribution in [-0.2, 0) is 20.5 Å². The molecule has 10 heteroatoms. The molecule has 2 aromatic carbocycles. The van der Waals surface area contributed by atoms with Gasteiger partial charge in [0.25, 0.3) is 0 Å². The van der Waals surface area contributed by atoms with Crippen molar-refractivity contribution in [3.8, 4) is 0 Å². The lowest BCUT2D eigenvalue weighted by Crippen LogP contribution is -2.38.